The van der Waals surface area contributed by atoms with Gasteiger partial charge in [-0.15, -0.1) is 0 Å². The number of aliphatic hydroxyl groups is 1. The van der Waals surface area contributed by atoms with Crippen LogP contribution in [0.2, 0.25) is 0 Å². The highest BCUT2D eigenvalue weighted by Crippen LogP contribution is 2.35. The van der Waals surface area contributed by atoms with Gasteiger partial charge in [0, 0.05) is 19.3 Å². The van der Waals surface area contributed by atoms with Crippen LogP contribution in [0.1, 0.15) is 68.7 Å². The van der Waals surface area contributed by atoms with Gasteiger partial charge >= 0.3 is 0 Å². The molecule has 138 valence electrons. The topological polar surface area (TPSA) is 56.7 Å². The van der Waals surface area contributed by atoms with E-state index in [0.29, 0.717) is 0 Å². The standard InChI is InChI=1S/C20H31N3O2/c1-22(2)15-16-8-9-17(21-14-16)18-7-6-12-23(18)19(24)13-20(25)10-4-3-5-11-20/h8-9,14,18,25H,3-7,10-13,15H2,1-2H3. The van der Waals surface area contributed by atoms with Gasteiger partial charge in [0.15, 0.2) is 0 Å². The molecule has 1 atom stereocenters. The van der Waals surface area contributed by atoms with E-state index in [1.165, 1.54) is 12.0 Å². The smallest absolute Gasteiger partial charge is 0.226 e. The molecule has 5 heteroatoms. The molecule has 1 aromatic heterocycles. The van der Waals surface area contributed by atoms with Gasteiger partial charge in [-0.05, 0) is 51.4 Å². The predicted octanol–water partition coefficient (Wildman–Crippen LogP) is 2.89. The molecule has 2 fully saturated rings. The van der Waals surface area contributed by atoms with Crippen molar-refractivity contribution in [3.8, 4) is 0 Å². The quantitative estimate of drug-likeness (QED) is 0.891. The minimum absolute atomic E-state index is 0.0631. The number of nitrogens with zero attached hydrogens (tertiary/aromatic N) is 3. The van der Waals surface area contributed by atoms with Crippen LogP contribution in [-0.2, 0) is 11.3 Å². The molecule has 1 unspecified atom stereocenters. The second-order valence-electron chi connectivity index (χ2n) is 8.04. The molecule has 1 aliphatic heterocycles. The fraction of sp³-hybridized carbons (Fsp3) is 0.700. The van der Waals surface area contributed by atoms with Gasteiger partial charge in [-0.2, -0.15) is 0 Å². The lowest BCUT2D eigenvalue weighted by Gasteiger charge is -2.34. The van der Waals surface area contributed by atoms with Crippen molar-refractivity contribution < 1.29 is 9.90 Å². The van der Waals surface area contributed by atoms with Crippen LogP contribution in [0.15, 0.2) is 18.3 Å². The summed E-state index contributed by atoms with van der Waals surface area (Å²) in [6, 6.07) is 4.23. The summed E-state index contributed by atoms with van der Waals surface area (Å²) in [5.74, 6) is 0.0890. The largest absolute Gasteiger partial charge is 0.389 e. The van der Waals surface area contributed by atoms with E-state index in [1.54, 1.807) is 0 Å². The van der Waals surface area contributed by atoms with Crippen LogP contribution in [0.5, 0.6) is 0 Å². The van der Waals surface area contributed by atoms with Gasteiger partial charge in [-0.1, -0.05) is 25.3 Å². The van der Waals surface area contributed by atoms with Gasteiger partial charge in [0.1, 0.15) is 0 Å². The molecule has 5 nitrogen and oxygen atoms in total. The first-order valence-corrected chi connectivity index (χ1v) is 9.58. The van der Waals surface area contributed by atoms with E-state index in [4.69, 9.17) is 0 Å². The first-order chi connectivity index (χ1) is 12.0. The lowest BCUT2D eigenvalue weighted by molar-refractivity contribution is -0.138. The van der Waals surface area contributed by atoms with Crippen LogP contribution in [0, 0.1) is 0 Å². The van der Waals surface area contributed by atoms with Crippen molar-refractivity contribution in [3.63, 3.8) is 0 Å². The summed E-state index contributed by atoms with van der Waals surface area (Å²) in [5.41, 5.74) is 1.37. The minimum atomic E-state index is -0.786. The van der Waals surface area contributed by atoms with E-state index in [-0.39, 0.29) is 18.4 Å². The molecule has 0 radical (unpaired) electrons. The maximum absolute atomic E-state index is 12.8. The highest BCUT2D eigenvalue weighted by Gasteiger charge is 2.37. The Morgan fingerprint density at radius 1 is 1.28 bits per heavy atom. The van der Waals surface area contributed by atoms with Gasteiger partial charge in [0.2, 0.25) is 5.91 Å². The van der Waals surface area contributed by atoms with Gasteiger partial charge < -0.3 is 14.9 Å². The summed E-state index contributed by atoms with van der Waals surface area (Å²) in [6.45, 7) is 1.65. The van der Waals surface area contributed by atoms with Crippen molar-refractivity contribution in [1.82, 2.24) is 14.8 Å². The van der Waals surface area contributed by atoms with Gasteiger partial charge in [-0.25, -0.2) is 0 Å². The molecule has 1 saturated heterocycles. The molecule has 0 aromatic carbocycles. The number of carbonyl (C=O) groups is 1. The molecule has 1 N–H and O–H groups in total. The Morgan fingerprint density at radius 2 is 2.04 bits per heavy atom. The summed E-state index contributed by atoms with van der Waals surface area (Å²) >= 11 is 0. The first kappa shape index (κ1) is 18.3. The Kier molecular flexibility index (Phi) is 5.74. The van der Waals surface area contributed by atoms with E-state index in [1.807, 2.05) is 25.2 Å². The number of carbonyl (C=O) groups excluding carboxylic acids is 1. The summed E-state index contributed by atoms with van der Waals surface area (Å²) < 4.78 is 0. The van der Waals surface area contributed by atoms with Crippen molar-refractivity contribution in [1.29, 1.82) is 0 Å². The Balaban J connectivity index is 1.66. The van der Waals surface area contributed by atoms with Crippen LogP contribution >= 0.6 is 0 Å². The van der Waals surface area contributed by atoms with Gasteiger partial charge in [-0.3, -0.25) is 9.78 Å². The average molecular weight is 345 g/mol. The molecule has 1 aliphatic carbocycles. The number of hydrogen-bond acceptors (Lipinski definition) is 4. The summed E-state index contributed by atoms with van der Waals surface area (Å²) in [4.78, 5) is 21.5. The Labute approximate surface area is 151 Å². The average Bonchev–Trinajstić information content (AvgIpc) is 3.05. The Morgan fingerprint density at radius 3 is 2.68 bits per heavy atom. The predicted molar refractivity (Wildman–Crippen MR) is 98.0 cm³/mol. The van der Waals surface area contributed by atoms with E-state index < -0.39 is 5.60 Å². The maximum atomic E-state index is 12.8. The SMILES string of the molecule is CN(C)Cc1ccc(C2CCCN2C(=O)CC2(O)CCCCC2)nc1. The highest BCUT2D eigenvalue weighted by atomic mass is 16.3. The normalized spacial score (nSPS) is 23.2. The second kappa shape index (κ2) is 7.83. The molecule has 0 bridgehead atoms. The zero-order chi connectivity index (χ0) is 17.9. The molecule has 2 aliphatic rings. The monoisotopic (exact) mass is 345 g/mol. The number of rotatable bonds is 5. The lowest BCUT2D eigenvalue weighted by Crippen LogP contribution is -2.40. The number of likely N-dealkylation sites (tertiary alicyclic amines) is 1. The number of hydrogen-bond donors (Lipinski definition) is 1. The molecule has 2 heterocycles. The minimum Gasteiger partial charge on any atom is -0.389 e. The molecule has 0 spiro atoms. The third kappa shape index (κ3) is 4.59. The van der Waals surface area contributed by atoms with Crippen molar-refractivity contribution in [2.45, 2.75) is 69.6 Å². The summed E-state index contributed by atoms with van der Waals surface area (Å²) in [7, 11) is 4.09. The fourth-order valence-electron chi connectivity index (χ4n) is 4.23. The number of pyridine rings is 1. The highest BCUT2D eigenvalue weighted by molar-refractivity contribution is 5.78. The first-order valence-electron chi connectivity index (χ1n) is 9.58. The molecule has 1 saturated carbocycles. The third-order valence-electron chi connectivity index (χ3n) is 5.53. The zero-order valence-corrected chi connectivity index (χ0v) is 15.6. The molecule has 1 aromatic rings. The molecular weight excluding hydrogens is 314 g/mol. The van der Waals surface area contributed by atoms with Crippen LogP contribution in [-0.4, -0.2) is 52.0 Å². The van der Waals surface area contributed by atoms with E-state index >= 15 is 0 Å². The van der Waals surface area contributed by atoms with Crippen LogP contribution in [0.4, 0.5) is 0 Å². The molecule has 25 heavy (non-hydrogen) atoms. The van der Waals surface area contributed by atoms with Crippen LogP contribution in [0.25, 0.3) is 0 Å². The van der Waals surface area contributed by atoms with E-state index in [0.717, 1.165) is 57.3 Å². The third-order valence-corrected chi connectivity index (χ3v) is 5.53. The second-order valence-corrected chi connectivity index (χ2v) is 8.04. The maximum Gasteiger partial charge on any atom is 0.226 e. The number of amides is 1. The molecular formula is C20H31N3O2. The van der Waals surface area contributed by atoms with Crippen molar-refractivity contribution in [2.75, 3.05) is 20.6 Å². The lowest BCUT2D eigenvalue weighted by atomic mass is 9.82. The molecule has 1 amide bonds. The van der Waals surface area contributed by atoms with Gasteiger partial charge in [0.25, 0.3) is 0 Å². The Bertz CT molecular complexity index is 579. The Hall–Kier alpha value is -1.46. The van der Waals surface area contributed by atoms with Crippen LogP contribution in [0.3, 0.4) is 0 Å². The molecule has 3 rings (SSSR count). The number of aromatic nitrogens is 1. The van der Waals surface area contributed by atoms with Crippen molar-refractivity contribution in [2.24, 2.45) is 0 Å². The summed E-state index contributed by atoms with van der Waals surface area (Å²) in [5, 5.41) is 10.7. The van der Waals surface area contributed by atoms with Crippen molar-refractivity contribution in [3.05, 3.63) is 29.6 Å². The summed E-state index contributed by atoms with van der Waals surface area (Å²) in [6.07, 6.45) is 8.91. The fourth-order valence-corrected chi connectivity index (χ4v) is 4.23. The van der Waals surface area contributed by atoms with Crippen LogP contribution < -0.4 is 0 Å². The van der Waals surface area contributed by atoms with E-state index in [2.05, 4.69) is 22.0 Å². The zero-order valence-electron chi connectivity index (χ0n) is 15.6. The van der Waals surface area contributed by atoms with Crippen molar-refractivity contribution >= 4 is 5.91 Å². The van der Waals surface area contributed by atoms with Gasteiger partial charge in [0.05, 0.1) is 23.8 Å². The van der Waals surface area contributed by atoms with E-state index in [9.17, 15) is 9.90 Å².